The molecule has 5 heteroatoms. The maximum absolute atomic E-state index is 12.3. The fourth-order valence-electron chi connectivity index (χ4n) is 3.81. The molecule has 1 fully saturated rings. The Balaban J connectivity index is 1.44. The van der Waals surface area contributed by atoms with Gasteiger partial charge in [-0.2, -0.15) is 0 Å². The van der Waals surface area contributed by atoms with Crippen LogP contribution in [0.5, 0.6) is 5.75 Å². The first kappa shape index (κ1) is 20.5. The van der Waals surface area contributed by atoms with Crippen molar-refractivity contribution in [3.63, 3.8) is 0 Å². The van der Waals surface area contributed by atoms with Crippen molar-refractivity contribution in [2.75, 3.05) is 13.6 Å². The van der Waals surface area contributed by atoms with Crippen LogP contribution in [0.1, 0.15) is 50.2 Å². The molecular weight excluding hydrogens is 352 g/mol. The zero-order chi connectivity index (χ0) is 19.8. The number of rotatable bonds is 9. The van der Waals surface area contributed by atoms with E-state index >= 15 is 0 Å². The van der Waals surface area contributed by atoms with E-state index in [2.05, 4.69) is 29.4 Å². The molecule has 1 saturated carbocycles. The lowest BCUT2D eigenvalue weighted by Gasteiger charge is -2.22. The van der Waals surface area contributed by atoms with E-state index in [9.17, 15) is 4.79 Å². The van der Waals surface area contributed by atoms with Gasteiger partial charge in [0.05, 0.1) is 19.1 Å². The van der Waals surface area contributed by atoms with Crippen LogP contribution in [0.25, 0.3) is 0 Å². The van der Waals surface area contributed by atoms with Crippen LogP contribution in [-0.2, 0) is 17.9 Å². The molecule has 28 heavy (non-hydrogen) atoms. The Bertz CT molecular complexity index is 723. The van der Waals surface area contributed by atoms with Gasteiger partial charge in [-0.25, -0.2) is 0 Å². The monoisotopic (exact) mass is 384 g/mol. The second kappa shape index (κ2) is 10.3. The number of nitrogens with one attached hydrogen (secondary N) is 1. The standard InChI is InChI=1S/C23H32N2O3/c1-18(14-24-23(26)21-8-4-3-5-9-21)28-22-10-6-7-19(13-22)15-25(2)16-20-11-12-27-17-20/h6-7,10-13,17-18,21H,3-5,8-9,14-16H2,1-2H3,(H,24,26). The molecule has 1 aliphatic carbocycles. The van der Waals surface area contributed by atoms with Gasteiger partial charge in [-0.05, 0) is 50.6 Å². The first-order valence-electron chi connectivity index (χ1n) is 10.3. The molecule has 1 atom stereocenters. The lowest BCUT2D eigenvalue weighted by molar-refractivity contribution is -0.126. The summed E-state index contributed by atoms with van der Waals surface area (Å²) in [6.45, 7) is 4.21. The summed E-state index contributed by atoms with van der Waals surface area (Å²) in [7, 11) is 2.09. The average molecular weight is 385 g/mol. The normalized spacial score (nSPS) is 16.1. The quantitative estimate of drug-likeness (QED) is 0.697. The van der Waals surface area contributed by atoms with Crippen molar-refractivity contribution < 1.29 is 13.9 Å². The van der Waals surface area contributed by atoms with Crippen LogP contribution in [-0.4, -0.2) is 30.5 Å². The molecule has 0 aliphatic heterocycles. The summed E-state index contributed by atoms with van der Waals surface area (Å²) in [4.78, 5) is 14.5. The van der Waals surface area contributed by atoms with Gasteiger partial charge in [0, 0.05) is 24.6 Å². The van der Waals surface area contributed by atoms with Gasteiger partial charge in [-0.1, -0.05) is 31.4 Å². The number of hydrogen-bond acceptors (Lipinski definition) is 4. The summed E-state index contributed by atoms with van der Waals surface area (Å²) in [6, 6.07) is 10.2. The van der Waals surface area contributed by atoms with Crippen LogP contribution in [0.2, 0.25) is 0 Å². The molecular formula is C23H32N2O3. The second-order valence-electron chi connectivity index (χ2n) is 7.96. The molecule has 1 heterocycles. The van der Waals surface area contributed by atoms with Crippen LogP contribution in [0.4, 0.5) is 0 Å². The van der Waals surface area contributed by atoms with E-state index in [1.807, 2.05) is 25.1 Å². The SMILES string of the molecule is CC(CNC(=O)C1CCCCC1)Oc1cccc(CN(C)Cc2ccoc2)c1. The van der Waals surface area contributed by atoms with E-state index in [1.165, 1.54) is 24.8 Å². The third kappa shape index (κ3) is 6.41. The molecule has 0 bridgehead atoms. The number of furan rings is 1. The Kier molecular flexibility index (Phi) is 7.54. The molecule has 0 radical (unpaired) electrons. The Labute approximate surface area is 168 Å². The highest BCUT2D eigenvalue weighted by Crippen LogP contribution is 2.23. The molecule has 5 nitrogen and oxygen atoms in total. The maximum Gasteiger partial charge on any atom is 0.223 e. The van der Waals surface area contributed by atoms with Crippen molar-refractivity contribution in [2.24, 2.45) is 5.92 Å². The highest BCUT2D eigenvalue weighted by molar-refractivity contribution is 5.78. The topological polar surface area (TPSA) is 54.7 Å². The van der Waals surface area contributed by atoms with Gasteiger partial charge in [-0.15, -0.1) is 0 Å². The molecule has 1 aromatic carbocycles. The minimum atomic E-state index is -0.0635. The first-order valence-corrected chi connectivity index (χ1v) is 10.3. The van der Waals surface area contributed by atoms with Crippen LogP contribution in [0, 0.1) is 5.92 Å². The van der Waals surface area contributed by atoms with Crippen LogP contribution in [0.15, 0.2) is 47.3 Å². The number of ether oxygens (including phenoxy) is 1. The molecule has 1 unspecified atom stereocenters. The van der Waals surface area contributed by atoms with Gasteiger partial charge in [0.1, 0.15) is 11.9 Å². The highest BCUT2D eigenvalue weighted by atomic mass is 16.5. The third-order valence-corrected chi connectivity index (χ3v) is 5.26. The van der Waals surface area contributed by atoms with E-state index in [0.717, 1.165) is 37.2 Å². The van der Waals surface area contributed by atoms with E-state index in [0.29, 0.717) is 6.54 Å². The number of carbonyl (C=O) groups excluding carboxylic acids is 1. The molecule has 3 rings (SSSR count). The van der Waals surface area contributed by atoms with Crippen LogP contribution < -0.4 is 10.1 Å². The summed E-state index contributed by atoms with van der Waals surface area (Å²) in [6.07, 6.45) is 9.07. The van der Waals surface area contributed by atoms with Crippen molar-refractivity contribution in [2.45, 2.75) is 58.2 Å². The zero-order valence-corrected chi connectivity index (χ0v) is 17.0. The molecule has 152 valence electrons. The minimum Gasteiger partial charge on any atom is -0.489 e. The largest absolute Gasteiger partial charge is 0.489 e. The molecule has 0 spiro atoms. The second-order valence-corrected chi connectivity index (χ2v) is 7.96. The first-order chi connectivity index (χ1) is 13.6. The van der Waals surface area contributed by atoms with E-state index < -0.39 is 0 Å². The number of carbonyl (C=O) groups is 1. The summed E-state index contributed by atoms with van der Waals surface area (Å²) >= 11 is 0. The maximum atomic E-state index is 12.3. The molecule has 2 aromatic rings. The Morgan fingerprint density at radius 1 is 1.21 bits per heavy atom. The Morgan fingerprint density at radius 3 is 2.75 bits per heavy atom. The fourth-order valence-corrected chi connectivity index (χ4v) is 3.81. The lowest BCUT2D eigenvalue weighted by Crippen LogP contribution is -2.38. The van der Waals surface area contributed by atoms with Gasteiger partial charge in [0.25, 0.3) is 0 Å². The van der Waals surface area contributed by atoms with Crippen molar-refractivity contribution in [1.29, 1.82) is 0 Å². The van der Waals surface area contributed by atoms with E-state index in [-0.39, 0.29) is 17.9 Å². The number of benzene rings is 1. The smallest absolute Gasteiger partial charge is 0.223 e. The minimum absolute atomic E-state index is 0.0635. The fraction of sp³-hybridized carbons (Fsp3) is 0.522. The number of amides is 1. The van der Waals surface area contributed by atoms with Crippen LogP contribution >= 0.6 is 0 Å². The summed E-state index contributed by atoms with van der Waals surface area (Å²) in [5.41, 5.74) is 2.36. The zero-order valence-electron chi connectivity index (χ0n) is 17.0. The van der Waals surface area contributed by atoms with Gasteiger partial charge in [0.2, 0.25) is 5.91 Å². The Hall–Kier alpha value is -2.27. The van der Waals surface area contributed by atoms with Gasteiger partial charge in [0.15, 0.2) is 0 Å². The molecule has 0 saturated heterocycles. The van der Waals surface area contributed by atoms with Crippen molar-refractivity contribution in [3.05, 3.63) is 54.0 Å². The number of nitrogens with zero attached hydrogens (tertiary/aromatic N) is 1. The molecule has 1 aromatic heterocycles. The predicted octanol–water partition coefficient (Wildman–Crippen LogP) is 4.38. The molecule has 1 amide bonds. The van der Waals surface area contributed by atoms with Crippen molar-refractivity contribution in [3.8, 4) is 5.75 Å². The molecule has 1 aliphatic rings. The van der Waals surface area contributed by atoms with Gasteiger partial charge < -0.3 is 14.5 Å². The van der Waals surface area contributed by atoms with Crippen molar-refractivity contribution >= 4 is 5.91 Å². The van der Waals surface area contributed by atoms with E-state index in [1.54, 1.807) is 12.5 Å². The Morgan fingerprint density at radius 2 is 2.00 bits per heavy atom. The lowest BCUT2D eigenvalue weighted by atomic mass is 9.89. The number of hydrogen-bond donors (Lipinski definition) is 1. The molecule has 1 N–H and O–H groups in total. The summed E-state index contributed by atoms with van der Waals surface area (Å²) in [5, 5.41) is 3.06. The van der Waals surface area contributed by atoms with Gasteiger partial charge in [-0.3, -0.25) is 9.69 Å². The van der Waals surface area contributed by atoms with Crippen LogP contribution in [0.3, 0.4) is 0 Å². The average Bonchev–Trinajstić information content (AvgIpc) is 3.20. The van der Waals surface area contributed by atoms with Gasteiger partial charge >= 0.3 is 0 Å². The highest BCUT2D eigenvalue weighted by Gasteiger charge is 2.21. The summed E-state index contributed by atoms with van der Waals surface area (Å²) in [5.74, 6) is 1.22. The van der Waals surface area contributed by atoms with E-state index in [4.69, 9.17) is 9.15 Å². The van der Waals surface area contributed by atoms with Crippen molar-refractivity contribution in [1.82, 2.24) is 10.2 Å². The summed E-state index contributed by atoms with van der Waals surface area (Å²) < 4.78 is 11.2. The predicted molar refractivity (Wildman–Crippen MR) is 110 cm³/mol. The third-order valence-electron chi connectivity index (χ3n) is 5.26.